The van der Waals surface area contributed by atoms with E-state index in [0.29, 0.717) is 0 Å². The van der Waals surface area contributed by atoms with Gasteiger partial charge in [-0.3, -0.25) is 0 Å². The van der Waals surface area contributed by atoms with Crippen molar-refractivity contribution in [3.63, 3.8) is 0 Å². The van der Waals surface area contributed by atoms with Gasteiger partial charge in [-0.1, -0.05) is 98.4 Å². The van der Waals surface area contributed by atoms with Gasteiger partial charge in [0.1, 0.15) is 0 Å². The van der Waals surface area contributed by atoms with E-state index in [9.17, 15) is 0 Å². The molecule has 0 radical (unpaired) electrons. The van der Waals surface area contributed by atoms with E-state index < -0.39 is 0 Å². The minimum absolute atomic E-state index is 1.02. The van der Waals surface area contributed by atoms with Crippen LogP contribution in [0.15, 0.2) is 54.1 Å². The molecule has 1 nitrogen and oxygen atoms in total. The fourth-order valence-electron chi connectivity index (χ4n) is 5.82. The second-order valence-electron chi connectivity index (χ2n) is 9.47. The highest BCUT2D eigenvalue weighted by molar-refractivity contribution is 5.94. The van der Waals surface area contributed by atoms with Crippen LogP contribution in [0.5, 0.6) is 0 Å². The molecule has 0 aromatic heterocycles. The molecule has 2 fully saturated rings. The number of fused-ring (bicyclic) bond motifs is 2. The predicted octanol–water partition coefficient (Wildman–Crippen LogP) is 7.43. The molecule has 2 aromatic rings. The Bertz CT molecular complexity index is 867. The Balaban J connectivity index is 1.31. The Hall–Kier alpha value is -2.12. The molecule has 1 saturated carbocycles. The van der Waals surface area contributed by atoms with Crippen LogP contribution in [0.1, 0.15) is 80.0 Å². The highest BCUT2D eigenvalue weighted by Crippen LogP contribution is 2.38. The number of rotatable bonds is 4. The van der Waals surface area contributed by atoms with Crippen LogP contribution >= 0.6 is 0 Å². The summed E-state index contributed by atoms with van der Waals surface area (Å²) >= 11 is 0. The van der Waals surface area contributed by atoms with Crippen molar-refractivity contribution in [3.05, 3.63) is 76.4 Å². The van der Waals surface area contributed by atoms with Crippen LogP contribution in [0.25, 0.3) is 17.7 Å². The first-order valence-electron chi connectivity index (χ1n) is 12.2. The summed E-state index contributed by atoms with van der Waals surface area (Å²) in [4.78, 5) is 2.72. The summed E-state index contributed by atoms with van der Waals surface area (Å²) < 4.78 is 0. The summed E-state index contributed by atoms with van der Waals surface area (Å²) in [7, 11) is 0. The third-order valence-electron chi connectivity index (χ3n) is 7.53. The highest BCUT2D eigenvalue weighted by atomic mass is 15.1. The van der Waals surface area contributed by atoms with Crippen molar-refractivity contribution < 1.29 is 0 Å². The molecule has 0 unspecified atom stereocenters. The van der Waals surface area contributed by atoms with Crippen molar-refractivity contribution >= 4 is 17.7 Å². The molecule has 156 valence electrons. The molecule has 0 atom stereocenters. The fraction of sp³-hybridized carbons (Fsp3) is 0.448. The Morgan fingerprint density at radius 1 is 0.733 bits per heavy atom. The normalized spacial score (nSPS) is 20.0. The molecule has 3 aliphatic rings. The molecule has 30 heavy (non-hydrogen) atoms. The second kappa shape index (κ2) is 9.35. The molecule has 0 N–H and O–H groups in total. The van der Waals surface area contributed by atoms with E-state index >= 15 is 0 Å². The largest absolute Gasteiger partial charge is 0.303 e. The lowest BCUT2D eigenvalue weighted by Crippen LogP contribution is -2.32. The van der Waals surface area contributed by atoms with E-state index in [1.165, 1.54) is 105 Å². The SMILES string of the molecule is C1=Cc2ccccc2C(=C2CCN(CCCC3CCCCC3)CC2)c2ccccc21. The highest BCUT2D eigenvalue weighted by Gasteiger charge is 2.22. The van der Waals surface area contributed by atoms with Crippen LogP contribution < -0.4 is 0 Å². The number of likely N-dealkylation sites (tertiary alicyclic amines) is 1. The molecule has 1 saturated heterocycles. The molecule has 1 heterocycles. The van der Waals surface area contributed by atoms with E-state index in [4.69, 9.17) is 0 Å². The zero-order valence-electron chi connectivity index (χ0n) is 18.3. The van der Waals surface area contributed by atoms with Crippen molar-refractivity contribution in [2.24, 2.45) is 5.92 Å². The van der Waals surface area contributed by atoms with Crippen molar-refractivity contribution in [1.82, 2.24) is 4.90 Å². The third kappa shape index (κ3) is 4.32. The lowest BCUT2D eigenvalue weighted by atomic mass is 9.85. The lowest BCUT2D eigenvalue weighted by molar-refractivity contribution is 0.236. The van der Waals surface area contributed by atoms with Crippen LogP contribution in [-0.4, -0.2) is 24.5 Å². The standard InChI is InChI=1S/C29H35N/c1-2-9-23(10-3-1)11-8-20-30-21-18-26(19-22-30)29-27-14-6-4-12-24(27)16-17-25-13-5-7-15-28(25)29/h4-7,12-17,23H,1-3,8-11,18-22H2. The van der Waals surface area contributed by atoms with E-state index in [0.717, 1.165) is 5.92 Å². The first-order valence-corrected chi connectivity index (χ1v) is 12.2. The van der Waals surface area contributed by atoms with Gasteiger partial charge >= 0.3 is 0 Å². The maximum absolute atomic E-state index is 2.72. The van der Waals surface area contributed by atoms with Gasteiger partial charge in [0, 0.05) is 13.1 Å². The average Bonchev–Trinajstić information content (AvgIpc) is 2.97. The molecule has 0 spiro atoms. The van der Waals surface area contributed by atoms with Crippen LogP contribution in [0.4, 0.5) is 0 Å². The van der Waals surface area contributed by atoms with Gasteiger partial charge in [-0.2, -0.15) is 0 Å². The second-order valence-corrected chi connectivity index (χ2v) is 9.47. The maximum Gasteiger partial charge on any atom is 0.00190 e. The van der Waals surface area contributed by atoms with Crippen LogP contribution in [-0.2, 0) is 0 Å². The molecule has 2 aliphatic carbocycles. The zero-order valence-corrected chi connectivity index (χ0v) is 18.3. The van der Waals surface area contributed by atoms with Gasteiger partial charge in [0.25, 0.3) is 0 Å². The first-order chi connectivity index (χ1) is 14.9. The van der Waals surface area contributed by atoms with E-state index in [1.54, 1.807) is 5.57 Å². The quantitative estimate of drug-likeness (QED) is 0.442. The molecule has 1 heteroatoms. The van der Waals surface area contributed by atoms with Gasteiger partial charge in [0.2, 0.25) is 0 Å². The third-order valence-corrected chi connectivity index (χ3v) is 7.53. The Labute approximate surface area is 182 Å². The monoisotopic (exact) mass is 397 g/mol. The van der Waals surface area contributed by atoms with Crippen molar-refractivity contribution in [3.8, 4) is 0 Å². The first kappa shape index (κ1) is 19.8. The topological polar surface area (TPSA) is 3.24 Å². The van der Waals surface area contributed by atoms with E-state index in [1.807, 2.05) is 0 Å². The number of benzene rings is 2. The van der Waals surface area contributed by atoms with Gasteiger partial charge in [-0.25, -0.2) is 0 Å². The number of piperidine rings is 1. The lowest BCUT2D eigenvalue weighted by Gasteiger charge is -2.31. The predicted molar refractivity (Wildman–Crippen MR) is 129 cm³/mol. The van der Waals surface area contributed by atoms with Crippen molar-refractivity contribution in [2.45, 2.75) is 57.8 Å². The molecular formula is C29H35N. The summed E-state index contributed by atoms with van der Waals surface area (Å²) in [5.74, 6) is 1.02. The Morgan fingerprint density at radius 2 is 1.33 bits per heavy atom. The maximum atomic E-state index is 2.72. The molecule has 0 bridgehead atoms. The van der Waals surface area contributed by atoms with Gasteiger partial charge < -0.3 is 4.90 Å². The average molecular weight is 398 g/mol. The summed E-state index contributed by atoms with van der Waals surface area (Å²) in [5.41, 5.74) is 8.70. The number of hydrogen-bond acceptors (Lipinski definition) is 1. The van der Waals surface area contributed by atoms with Crippen molar-refractivity contribution in [1.29, 1.82) is 0 Å². The summed E-state index contributed by atoms with van der Waals surface area (Å²) in [6.45, 7) is 3.75. The summed E-state index contributed by atoms with van der Waals surface area (Å²) in [5, 5.41) is 0. The molecule has 5 rings (SSSR count). The van der Waals surface area contributed by atoms with Gasteiger partial charge in [0.05, 0.1) is 0 Å². The minimum Gasteiger partial charge on any atom is -0.303 e. The van der Waals surface area contributed by atoms with Gasteiger partial charge in [-0.05, 0) is 66.0 Å². The molecule has 0 amide bonds. The van der Waals surface area contributed by atoms with Gasteiger partial charge in [0.15, 0.2) is 0 Å². The van der Waals surface area contributed by atoms with Crippen LogP contribution in [0, 0.1) is 5.92 Å². The van der Waals surface area contributed by atoms with Gasteiger partial charge in [-0.15, -0.1) is 0 Å². The zero-order chi connectivity index (χ0) is 20.2. The molecule has 2 aromatic carbocycles. The van der Waals surface area contributed by atoms with Crippen LogP contribution in [0.2, 0.25) is 0 Å². The summed E-state index contributed by atoms with van der Waals surface area (Å²) in [6, 6.07) is 17.9. The molecular weight excluding hydrogens is 362 g/mol. The summed E-state index contributed by atoms with van der Waals surface area (Å²) in [6.07, 6.45) is 17.3. The van der Waals surface area contributed by atoms with E-state index in [2.05, 4.69) is 65.6 Å². The number of hydrogen-bond donors (Lipinski definition) is 0. The van der Waals surface area contributed by atoms with Crippen LogP contribution in [0.3, 0.4) is 0 Å². The van der Waals surface area contributed by atoms with Crippen molar-refractivity contribution in [2.75, 3.05) is 19.6 Å². The fourth-order valence-corrected chi connectivity index (χ4v) is 5.82. The minimum atomic E-state index is 1.02. The smallest absolute Gasteiger partial charge is 0.00190 e. The number of nitrogens with zero attached hydrogens (tertiary/aromatic N) is 1. The Morgan fingerprint density at radius 3 is 1.97 bits per heavy atom. The van der Waals surface area contributed by atoms with E-state index in [-0.39, 0.29) is 0 Å². The Kier molecular flexibility index (Phi) is 6.18. The molecule has 1 aliphatic heterocycles.